The van der Waals surface area contributed by atoms with Crippen LogP contribution in [0.25, 0.3) is 5.57 Å². The first-order valence-corrected chi connectivity index (χ1v) is 7.54. The van der Waals surface area contributed by atoms with Crippen molar-refractivity contribution in [1.29, 1.82) is 0 Å². The van der Waals surface area contributed by atoms with E-state index in [1.54, 1.807) is 0 Å². The molecule has 0 unspecified atom stereocenters. The molecule has 0 N–H and O–H groups in total. The van der Waals surface area contributed by atoms with Crippen LogP contribution in [-0.4, -0.2) is 6.21 Å². The molecular weight excluding hydrogens is 254 g/mol. The van der Waals surface area contributed by atoms with Crippen LogP contribution in [0.5, 0.6) is 0 Å². The number of rotatable bonds is 5. The fraction of sp³-hybridized carbons (Fsp3) is 0.250. The summed E-state index contributed by atoms with van der Waals surface area (Å²) in [7, 11) is 0. The second-order valence-corrected chi connectivity index (χ2v) is 5.63. The first-order valence-electron chi connectivity index (χ1n) is 7.54. The molecule has 0 aliphatic rings. The monoisotopic (exact) mass is 277 g/mol. The van der Waals surface area contributed by atoms with E-state index in [9.17, 15) is 0 Å². The highest BCUT2D eigenvalue weighted by Crippen LogP contribution is 2.17. The lowest BCUT2D eigenvalue weighted by atomic mass is 9.99. The summed E-state index contributed by atoms with van der Waals surface area (Å²) in [6.07, 6.45) is 5.17. The van der Waals surface area contributed by atoms with Gasteiger partial charge in [-0.25, -0.2) is 0 Å². The quantitative estimate of drug-likeness (QED) is 0.622. The van der Waals surface area contributed by atoms with E-state index in [0.717, 1.165) is 17.7 Å². The van der Waals surface area contributed by atoms with E-state index in [0.29, 0.717) is 5.92 Å². The van der Waals surface area contributed by atoms with Gasteiger partial charge in [-0.1, -0.05) is 62.4 Å². The fourth-order valence-electron chi connectivity index (χ4n) is 2.28. The van der Waals surface area contributed by atoms with Crippen LogP contribution in [0, 0.1) is 5.92 Å². The van der Waals surface area contributed by atoms with Gasteiger partial charge in [0.2, 0.25) is 0 Å². The first-order chi connectivity index (χ1) is 10.2. The minimum atomic E-state index is 0.691. The van der Waals surface area contributed by atoms with Gasteiger partial charge in [-0.15, -0.1) is 0 Å². The molecule has 1 nitrogen and oxygen atoms in total. The molecule has 0 heterocycles. The fourth-order valence-corrected chi connectivity index (χ4v) is 2.28. The van der Waals surface area contributed by atoms with Gasteiger partial charge in [-0.05, 0) is 48.1 Å². The topological polar surface area (TPSA) is 12.4 Å². The summed E-state index contributed by atoms with van der Waals surface area (Å²) in [5, 5.41) is 0. The zero-order chi connectivity index (χ0) is 15.1. The van der Waals surface area contributed by atoms with Gasteiger partial charge in [0.1, 0.15) is 0 Å². The van der Waals surface area contributed by atoms with Crippen molar-refractivity contribution in [3.05, 3.63) is 71.8 Å². The van der Waals surface area contributed by atoms with E-state index < -0.39 is 0 Å². The van der Waals surface area contributed by atoms with E-state index in [4.69, 9.17) is 0 Å². The largest absolute Gasteiger partial charge is 0.256 e. The maximum absolute atomic E-state index is 4.53. The minimum absolute atomic E-state index is 0.691. The Morgan fingerprint density at radius 2 is 1.67 bits per heavy atom. The number of benzene rings is 2. The molecule has 0 saturated carbocycles. The number of hydrogen-bond donors (Lipinski definition) is 0. The normalized spacial score (nSPS) is 12.3. The molecule has 0 amide bonds. The van der Waals surface area contributed by atoms with Crippen molar-refractivity contribution in [3.63, 3.8) is 0 Å². The molecule has 0 fully saturated rings. The lowest BCUT2D eigenvalue weighted by molar-refractivity contribution is 0.647. The van der Waals surface area contributed by atoms with Crippen LogP contribution in [0.15, 0.2) is 65.7 Å². The standard InChI is InChI=1S/C20H23N/c1-4-18(15-21-20-8-6-5-7-9-20)19-12-10-17(11-13-19)14-16(2)3/h4-13,15-16H,14H2,1-3H3/b18-4+,21-15?. The Morgan fingerprint density at radius 1 is 1.00 bits per heavy atom. The van der Waals surface area contributed by atoms with Crippen molar-refractivity contribution in [3.8, 4) is 0 Å². The van der Waals surface area contributed by atoms with Crippen LogP contribution in [0.2, 0.25) is 0 Å². The summed E-state index contributed by atoms with van der Waals surface area (Å²) >= 11 is 0. The average molecular weight is 277 g/mol. The van der Waals surface area contributed by atoms with Gasteiger partial charge < -0.3 is 0 Å². The Balaban J connectivity index is 2.13. The Labute approximate surface area is 128 Å². The summed E-state index contributed by atoms with van der Waals surface area (Å²) in [6, 6.07) is 18.8. The predicted octanol–water partition coefficient (Wildman–Crippen LogP) is 5.69. The zero-order valence-corrected chi connectivity index (χ0v) is 13.1. The molecule has 1 heteroatoms. The van der Waals surface area contributed by atoms with E-state index in [2.05, 4.69) is 49.2 Å². The summed E-state index contributed by atoms with van der Waals surface area (Å²) in [6.45, 7) is 6.55. The highest BCUT2D eigenvalue weighted by Gasteiger charge is 2.01. The van der Waals surface area contributed by atoms with Crippen LogP contribution >= 0.6 is 0 Å². The Bertz CT molecular complexity index is 604. The predicted molar refractivity (Wildman–Crippen MR) is 93.2 cm³/mol. The molecule has 0 aliphatic heterocycles. The lowest BCUT2D eigenvalue weighted by Crippen LogP contribution is -1.94. The van der Waals surface area contributed by atoms with Gasteiger partial charge >= 0.3 is 0 Å². The Morgan fingerprint density at radius 3 is 2.24 bits per heavy atom. The van der Waals surface area contributed by atoms with Crippen LogP contribution < -0.4 is 0 Å². The van der Waals surface area contributed by atoms with Crippen LogP contribution in [0.4, 0.5) is 5.69 Å². The molecule has 2 aromatic carbocycles. The average Bonchev–Trinajstić information content (AvgIpc) is 2.50. The molecule has 0 radical (unpaired) electrons. The molecule has 0 spiro atoms. The molecular formula is C20H23N. The highest BCUT2D eigenvalue weighted by molar-refractivity contribution is 6.10. The molecule has 108 valence electrons. The summed E-state index contributed by atoms with van der Waals surface area (Å²) in [4.78, 5) is 4.53. The second kappa shape index (κ2) is 7.58. The van der Waals surface area contributed by atoms with Crippen LogP contribution in [0.1, 0.15) is 31.9 Å². The zero-order valence-electron chi connectivity index (χ0n) is 13.1. The summed E-state index contributed by atoms with van der Waals surface area (Å²) in [5.74, 6) is 0.691. The lowest BCUT2D eigenvalue weighted by Gasteiger charge is -2.07. The number of hydrogen-bond acceptors (Lipinski definition) is 1. The molecule has 2 aromatic rings. The maximum Gasteiger partial charge on any atom is 0.0629 e. The van der Waals surface area contributed by atoms with Crippen LogP contribution in [-0.2, 0) is 6.42 Å². The Kier molecular flexibility index (Phi) is 5.51. The van der Waals surface area contributed by atoms with Crippen molar-refractivity contribution >= 4 is 17.5 Å². The first kappa shape index (κ1) is 15.2. The third kappa shape index (κ3) is 4.71. The summed E-state index contributed by atoms with van der Waals surface area (Å²) in [5.41, 5.74) is 4.73. The molecule has 0 atom stereocenters. The van der Waals surface area contributed by atoms with E-state index in [1.807, 2.05) is 43.5 Å². The van der Waals surface area contributed by atoms with Gasteiger partial charge in [0.25, 0.3) is 0 Å². The molecule has 2 rings (SSSR count). The van der Waals surface area contributed by atoms with Crippen molar-refractivity contribution in [2.75, 3.05) is 0 Å². The van der Waals surface area contributed by atoms with E-state index in [-0.39, 0.29) is 0 Å². The number of para-hydroxylation sites is 1. The molecule has 0 aromatic heterocycles. The molecule has 21 heavy (non-hydrogen) atoms. The molecule has 0 aliphatic carbocycles. The summed E-state index contributed by atoms with van der Waals surface area (Å²) < 4.78 is 0. The van der Waals surface area contributed by atoms with Gasteiger partial charge in [0.05, 0.1) is 5.69 Å². The van der Waals surface area contributed by atoms with Gasteiger partial charge in [-0.2, -0.15) is 0 Å². The van der Waals surface area contributed by atoms with Gasteiger partial charge in [0.15, 0.2) is 0 Å². The number of allylic oxidation sites excluding steroid dienone is 2. The SMILES string of the molecule is C/C=C(\C=Nc1ccccc1)c1ccc(CC(C)C)cc1. The third-order valence-corrected chi connectivity index (χ3v) is 3.35. The molecule has 0 bridgehead atoms. The van der Waals surface area contributed by atoms with Crippen LogP contribution in [0.3, 0.4) is 0 Å². The van der Waals surface area contributed by atoms with E-state index >= 15 is 0 Å². The Hall–Kier alpha value is -2.15. The third-order valence-electron chi connectivity index (χ3n) is 3.35. The van der Waals surface area contributed by atoms with Crippen molar-refractivity contribution in [2.45, 2.75) is 27.2 Å². The van der Waals surface area contributed by atoms with Crippen molar-refractivity contribution in [1.82, 2.24) is 0 Å². The maximum atomic E-state index is 4.53. The molecule has 0 saturated heterocycles. The van der Waals surface area contributed by atoms with Crippen molar-refractivity contribution in [2.24, 2.45) is 10.9 Å². The minimum Gasteiger partial charge on any atom is -0.256 e. The van der Waals surface area contributed by atoms with E-state index in [1.165, 1.54) is 11.1 Å². The van der Waals surface area contributed by atoms with Gasteiger partial charge in [-0.3, -0.25) is 4.99 Å². The van der Waals surface area contributed by atoms with Crippen molar-refractivity contribution < 1.29 is 0 Å². The van der Waals surface area contributed by atoms with Gasteiger partial charge in [0, 0.05) is 6.21 Å². The second-order valence-electron chi connectivity index (χ2n) is 5.63. The number of nitrogens with zero attached hydrogens (tertiary/aromatic N) is 1. The number of aliphatic imine (C=N–C) groups is 1. The smallest absolute Gasteiger partial charge is 0.0629 e. The highest BCUT2D eigenvalue weighted by atomic mass is 14.7.